The molecular formula is C11H19N3O2. The average molecular weight is 225 g/mol. The van der Waals surface area contributed by atoms with E-state index in [-0.39, 0.29) is 11.7 Å². The van der Waals surface area contributed by atoms with E-state index in [1.54, 1.807) is 11.8 Å². The third-order valence-electron chi connectivity index (χ3n) is 2.32. The number of carbonyl (C=O) groups is 1. The maximum atomic E-state index is 11.9. The zero-order valence-corrected chi connectivity index (χ0v) is 10.1. The Balaban J connectivity index is 2.61. The molecule has 1 unspecified atom stereocenters. The van der Waals surface area contributed by atoms with E-state index in [2.05, 4.69) is 10.3 Å². The molecule has 0 radical (unpaired) electrons. The first-order valence-electron chi connectivity index (χ1n) is 5.59. The second-order valence-electron chi connectivity index (χ2n) is 4.03. The van der Waals surface area contributed by atoms with E-state index in [0.29, 0.717) is 18.7 Å². The molecule has 1 aromatic heterocycles. The molecule has 1 aromatic rings. The van der Waals surface area contributed by atoms with Crippen molar-refractivity contribution in [2.45, 2.75) is 33.2 Å². The van der Waals surface area contributed by atoms with Crippen LogP contribution in [0.5, 0.6) is 0 Å². The lowest BCUT2D eigenvalue weighted by Crippen LogP contribution is -2.15. The van der Waals surface area contributed by atoms with Crippen LogP contribution in [0.25, 0.3) is 0 Å². The van der Waals surface area contributed by atoms with Gasteiger partial charge in [0.2, 0.25) is 0 Å². The summed E-state index contributed by atoms with van der Waals surface area (Å²) < 4.78 is 6.68. The normalized spacial score (nSPS) is 12.7. The molecule has 0 N–H and O–H groups in total. The van der Waals surface area contributed by atoms with Crippen LogP contribution in [0, 0.1) is 5.92 Å². The van der Waals surface area contributed by atoms with Gasteiger partial charge in [0, 0.05) is 26.7 Å². The van der Waals surface area contributed by atoms with Crippen molar-refractivity contribution in [1.29, 1.82) is 0 Å². The lowest BCUT2D eigenvalue weighted by Gasteiger charge is -2.09. The highest BCUT2D eigenvalue weighted by Crippen LogP contribution is 2.09. The van der Waals surface area contributed by atoms with Crippen LogP contribution in [0.4, 0.5) is 0 Å². The van der Waals surface area contributed by atoms with E-state index in [1.807, 2.05) is 13.8 Å². The highest BCUT2D eigenvalue weighted by Gasteiger charge is 2.15. The topological polar surface area (TPSA) is 57.0 Å². The fourth-order valence-electron chi connectivity index (χ4n) is 1.62. The molecule has 0 saturated carbocycles. The van der Waals surface area contributed by atoms with Gasteiger partial charge in [0.25, 0.3) is 0 Å². The molecule has 0 aliphatic carbocycles. The van der Waals surface area contributed by atoms with E-state index in [0.717, 1.165) is 13.0 Å². The first kappa shape index (κ1) is 12.8. The summed E-state index contributed by atoms with van der Waals surface area (Å²) in [7, 11) is 1.64. The van der Waals surface area contributed by atoms with Gasteiger partial charge in [0.1, 0.15) is 5.69 Å². The monoisotopic (exact) mass is 225 g/mol. The molecule has 0 saturated heterocycles. The van der Waals surface area contributed by atoms with Gasteiger partial charge < -0.3 is 4.74 Å². The Morgan fingerprint density at radius 3 is 3.00 bits per heavy atom. The Hall–Kier alpha value is -1.23. The standard InChI is InChI=1S/C11H19N3O2/c1-4-5-14-10(7-12-13-14)11(15)6-9(2)8-16-3/h7,9H,4-6,8H2,1-3H3. The number of rotatable bonds is 7. The maximum Gasteiger partial charge on any atom is 0.182 e. The number of nitrogens with zero attached hydrogens (tertiary/aromatic N) is 3. The number of aryl methyl sites for hydroxylation is 1. The molecule has 0 aliphatic heterocycles. The minimum atomic E-state index is 0.0861. The molecule has 90 valence electrons. The highest BCUT2D eigenvalue weighted by molar-refractivity contribution is 5.94. The molecule has 5 nitrogen and oxygen atoms in total. The Morgan fingerprint density at radius 2 is 2.38 bits per heavy atom. The van der Waals surface area contributed by atoms with Gasteiger partial charge in [-0.3, -0.25) is 4.79 Å². The highest BCUT2D eigenvalue weighted by atomic mass is 16.5. The van der Waals surface area contributed by atoms with Crippen molar-refractivity contribution < 1.29 is 9.53 Å². The molecule has 1 heterocycles. The summed E-state index contributed by atoms with van der Waals surface area (Å²) in [4.78, 5) is 11.9. The van der Waals surface area contributed by atoms with E-state index in [4.69, 9.17) is 4.74 Å². The van der Waals surface area contributed by atoms with Gasteiger partial charge in [0.15, 0.2) is 5.78 Å². The number of ether oxygens (including phenoxy) is 1. The van der Waals surface area contributed by atoms with Gasteiger partial charge in [0.05, 0.1) is 6.20 Å². The van der Waals surface area contributed by atoms with Crippen LogP contribution in [0.1, 0.15) is 37.2 Å². The lowest BCUT2D eigenvalue weighted by molar-refractivity contribution is 0.0909. The van der Waals surface area contributed by atoms with E-state index >= 15 is 0 Å². The Labute approximate surface area is 95.8 Å². The lowest BCUT2D eigenvalue weighted by atomic mass is 10.0. The van der Waals surface area contributed by atoms with Crippen LogP contribution in [0.2, 0.25) is 0 Å². The van der Waals surface area contributed by atoms with Crippen molar-refractivity contribution in [3.05, 3.63) is 11.9 Å². The first-order valence-corrected chi connectivity index (χ1v) is 5.59. The summed E-state index contributed by atoms with van der Waals surface area (Å²) in [5.74, 6) is 0.311. The number of hydrogen-bond acceptors (Lipinski definition) is 4. The van der Waals surface area contributed by atoms with E-state index < -0.39 is 0 Å². The molecule has 5 heteroatoms. The van der Waals surface area contributed by atoms with Gasteiger partial charge in [-0.05, 0) is 12.3 Å². The minimum absolute atomic E-state index is 0.0861. The quantitative estimate of drug-likeness (QED) is 0.660. The van der Waals surface area contributed by atoms with Gasteiger partial charge in [-0.25, -0.2) is 4.68 Å². The molecular weight excluding hydrogens is 206 g/mol. The Kier molecular flexibility index (Phi) is 5.11. The molecule has 0 bridgehead atoms. The second kappa shape index (κ2) is 6.37. The van der Waals surface area contributed by atoms with Crippen molar-refractivity contribution in [1.82, 2.24) is 15.0 Å². The fraction of sp³-hybridized carbons (Fsp3) is 0.727. The van der Waals surface area contributed by atoms with Crippen LogP contribution in [0.15, 0.2) is 6.20 Å². The molecule has 1 rings (SSSR count). The molecule has 0 amide bonds. The number of aromatic nitrogens is 3. The largest absolute Gasteiger partial charge is 0.384 e. The van der Waals surface area contributed by atoms with Gasteiger partial charge in [-0.15, -0.1) is 5.10 Å². The van der Waals surface area contributed by atoms with Crippen molar-refractivity contribution in [2.24, 2.45) is 5.92 Å². The summed E-state index contributed by atoms with van der Waals surface area (Å²) in [6.45, 7) is 5.37. The molecule has 0 aliphatic rings. The van der Waals surface area contributed by atoms with Crippen LogP contribution >= 0.6 is 0 Å². The van der Waals surface area contributed by atoms with Gasteiger partial charge in [-0.2, -0.15) is 0 Å². The van der Waals surface area contributed by atoms with Crippen LogP contribution in [0.3, 0.4) is 0 Å². The van der Waals surface area contributed by atoms with E-state index in [9.17, 15) is 4.79 Å². The van der Waals surface area contributed by atoms with Gasteiger partial charge >= 0.3 is 0 Å². The number of ketones is 1. The summed E-state index contributed by atoms with van der Waals surface area (Å²) in [5, 5.41) is 7.67. The van der Waals surface area contributed by atoms with Gasteiger partial charge in [-0.1, -0.05) is 19.1 Å². The summed E-state index contributed by atoms with van der Waals surface area (Å²) in [6, 6.07) is 0. The van der Waals surface area contributed by atoms with Crippen molar-refractivity contribution in [2.75, 3.05) is 13.7 Å². The third-order valence-corrected chi connectivity index (χ3v) is 2.32. The van der Waals surface area contributed by atoms with Crippen molar-refractivity contribution >= 4 is 5.78 Å². The zero-order chi connectivity index (χ0) is 12.0. The van der Waals surface area contributed by atoms with Crippen LogP contribution in [-0.4, -0.2) is 34.5 Å². The summed E-state index contributed by atoms with van der Waals surface area (Å²) in [5.41, 5.74) is 0.602. The predicted octanol–water partition coefficient (Wildman–Crippen LogP) is 1.54. The van der Waals surface area contributed by atoms with E-state index in [1.165, 1.54) is 6.20 Å². The van der Waals surface area contributed by atoms with Crippen LogP contribution < -0.4 is 0 Å². The predicted molar refractivity (Wildman–Crippen MR) is 60.3 cm³/mol. The Bertz CT molecular complexity index is 336. The molecule has 16 heavy (non-hydrogen) atoms. The number of hydrogen-bond donors (Lipinski definition) is 0. The second-order valence-corrected chi connectivity index (χ2v) is 4.03. The first-order chi connectivity index (χ1) is 7.69. The molecule has 1 atom stereocenters. The molecule has 0 spiro atoms. The maximum absolute atomic E-state index is 11.9. The molecule has 0 aromatic carbocycles. The average Bonchev–Trinajstić information content (AvgIpc) is 2.66. The minimum Gasteiger partial charge on any atom is -0.384 e. The number of carbonyl (C=O) groups excluding carboxylic acids is 1. The molecule has 0 fully saturated rings. The summed E-state index contributed by atoms with van der Waals surface area (Å²) in [6.07, 6.45) is 2.96. The number of methoxy groups -OCH3 is 1. The SMILES string of the molecule is CCCn1nncc1C(=O)CC(C)COC. The smallest absolute Gasteiger partial charge is 0.182 e. The van der Waals surface area contributed by atoms with Crippen LogP contribution in [-0.2, 0) is 11.3 Å². The Morgan fingerprint density at radius 1 is 1.62 bits per heavy atom. The van der Waals surface area contributed by atoms with Crippen molar-refractivity contribution in [3.63, 3.8) is 0 Å². The zero-order valence-electron chi connectivity index (χ0n) is 10.1. The third kappa shape index (κ3) is 3.41. The summed E-state index contributed by atoms with van der Waals surface area (Å²) >= 11 is 0. The number of Topliss-reactive ketones (excluding diaryl/α,β-unsaturated/α-hetero) is 1. The fourth-order valence-corrected chi connectivity index (χ4v) is 1.62. The van der Waals surface area contributed by atoms with Crippen molar-refractivity contribution in [3.8, 4) is 0 Å².